The Labute approximate surface area is 138 Å². The monoisotopic (exact) mass is 336 g/mol. The van der Waals surface area contributed by atoms with E-state index in [1.807, 2.05) is 10.9 Å². The van der Waals surface area contributed by atoms with Crippen molar-refractivity contribution in [3.8, 4) is 0 Å². The summed E-state index contributed by atoms with van der Waals surface area (Å²) >= 11 is 6.15. The van der Waals surface area contributed by atoms with Crippen molar-refractivity contribution in [1.82, 2.24) is 9.78 Å². The second-order valence-electron chi connectivity index (χ2n) is 5.50. The fourth-order valence-corrected chi connectivity index (χ4v) is 3.21. The molecule has 0 spiro atoms. The zero-order chi connectivity index (χ0) is 16.4. The smallest absolute Gasteiger partial charge is 0.271 e. The Balaban J connectivity index is 1.84. The standard InChI is InChI=1S/C15H17ClN4O3/c16-12-8-10(20(22)23)4-5-14(12)18-13-2-1-3-15-11(13)9-17-19(15)6-7-21/h4-5,8-9,13,18,21H,1-3,6-7H2/t13-/m0/s1. The average Bonchev–Trinajstić information content (AvgIpc) is 2.94. The summed E-state index contributed by atoms with van der Waals surface area (Å²) in [6.45, 7) is 0.542. The summed E-state index contributed by atoms with van der Waals surface area (Å²) in [5, 5.41) is 27.9. The van der Waals surface area contributed by atoms with Crippen LogP contribution < -0.4 is 5.32 Å². The molecule has 1 aliphatic carbocycles. The van der Waals surface area contributed by atoms with Crippen molar-refractivity contribution in [3.05, 3.63) is 50.8 Å². The topological polar surface area (TPSA) is 93.2 Å². The average molecular weight is 337 g/mol. The summed E-state index contributed by atoms with van der Waals surface area (Å²) in [4.78, 5) is 10.3. The molecule has 0 unspecified atom stereocenters. The highest BCUT2D eigenvalue weighted by atomic mass is 35.5. The molecule has 0 radical (unpaired) electrons. The van der Waals surface area contributed by atoms with Crippen molar-refractivity contribution in [2.24, 2.45) is 0 Å². The molecule has 3 rings (SSSR count). The van der Waals surface area contributed by atoms with Crippen molar-refractivity contribution < 1.29 is 10.0 Å². The van der Waals surface area contributed by atoms with Gasteiger partial charge in [-0.15, -0.1) is 0 Å². The molecular weight excluding hydrogens is 320 g/mol. The lowest BCUT2D eigenvalue weighted by atomic mass is 9.92. The van der Waals surface area contributed by atoms with Gasteiger partial charge >= 0.3 is 0 Å². The van der Waals surface area contributed by atoms with Crippen LogP contribution >= 0.6 is 11.6 Å². The molecule has 122 valence electrons. The number of nitrogens with one attached hydrogen (secondary N) is 1. The van der Waals surface area contributed by atoms with Crippen molar-refractivity contribution in [1.29, 1.82) is 0 Å². The van der Waals surface area contributed by atoms with Gasteiger partial charge in [-0.25, -0.2) is 0 Å². The van der Waals surface area contributed by atoms with E-state index in [1.54, 1.807) is 6.07 Å². The van der Waals surface area contributed by atoms with Crippen molar-refractivity contribution in [2.45, 2.75) is 31.8 Å². The van der Waals surface area contributed by atoms with Crippen LogP contribution in [-0.4, -0.2) is 26.4 Å². The van der Waals surface area contributed by atoms with Gasteiger partial charge in [0.15, 0.2) is 0 Å². The Morgan fingerprint density at radius 2 is 2.35 bits per heavy atom. The van der Waals surface area contributed by atoms with Crippen LogP contribution in [0.15, 0.2) is 24.4 Å². The summed E-state index contributed by atoms with van der Waals surface area (Å²) in [6, 6.07) is 4.48. The Hall–Kier alpha value is -2.12. The number of benzene rings is 1. The molecule has 0 saturated carbocycles. The van der Waals surface area contributed by atoms with Crippen molar-refractivity contribution >= 4 is 23.0 Å². The number of nitro benzene ring substituents is 1. The van der Waals surface area contributed by atoms with Crippen molar-refractivity contribution in [3.63, 3.8) is 0 Å². The molecule has 1 aromatic heterocycles. The Bertz CT molecular complexity index is 732. The van der Waals surface area contributed by atoms with E-state index >= 15 is 0 Å². The number of non-ortho nitro benzene ring substituents is 1. The fraction of sp³-hybridized carbons (Fsp3) is 0.400. The lowest BCUT2D eigenvalue weighted by Gasteiger charge is -2.25. The first-order chi connectivity index (χ1) is 11.1. The van der Waals surface area contributed by atoms with Crippen LogP contribution in [0.5, 0.6) is 0 Å². The predicted molar refractivity (Wildman–Crippen MR) is 86.7 cm³/mol. The zero-order valence-electron chi connectivity index (χ0n) is 12.4. The quantitative estimate of drug-likeness (QED) is 0.646. The minimum absolute atomic E-state index is 0.0272. The SMILES string of the molecule is O=[N+]([O-])c1ccc(N[C@H]2CCCc3c2cnn3CCO)c(Cl)c1. The normalized spacial score (nSPS) is 16.9. The lowest BCUT2D eigenvalue weighted by molar-refractivity contribution is -0.384. The molecule has 2 aromatic rings. The second-order valence-corrected chi connectivity index (χ2v) is 5.91. The van der Waals surface area contributed by atoms with E-state index in [0.29, 0.717) is 17.3 Å². The number of hydrogen-bond acceptors (Lipinski definition) is 5. The zero-order valence-corrected chi connectivity index (χ0v) is 13.2. The summed E-state index contributed by atoms with van der Waals surface area (Å²) in [5.41, 5.74) is 2.87. The first-order valence-corrected chi connectivity index (χ1v) is 7.84. The third-order valence-electron chi connectivity index (χ3n) is 4.07. The lowest BCUT2D eigenvalue weighted by Crippen LogP contribution is -2.19. The van der Waals surface area contributed by atoms with Crippen LogP contribution in [0.2, 0.25) is 5.02 Å². The van der Waals surface area contributed by atoms with E-state index in [0.717, 1.165) is 30.5 Å². The van der Waals surface area contributed by atoms with Crippen LogP contribution in [0.1, 0.15) is 30.1 Å². The molecule has 8 heteroatoms. The highest BCUT2D eigenvalue weighted by molar-refractivity contribution is 6.33. The number of rotatable bonds is 5. The Morgan fingerprint density at radius 1 is 1.52 bits per heavy atom. The van der Waals surface area contributed by atoms with E-state index < -0.39 is 4.92 Å². The van der Waals surface area contributed by atoms with Crippen LogP contribution in [0.25, 0.3) is 0 Å². The van der Waals surface area contributed by atoms with Crippen LogP contribution in [0, 0.1) is 10.1 Å². The molecule has 0 saturated heterocycles. The van der Waals surface area contributed by atoms with Gasteiger partial charge in [0.2, 0.25) is 0 Å². The van der Waals surface area contributed by atoms with E-state index in [2.05, 4.69) is 10.4 Å². The molecule has 1 atom stereocenters. The van der Waals surface area contributed by atoms with Gasteiger partial charge in [0.25, 0.3) is 5.69 Å². The van der Waals surface area contributed by atoms with Gasteiger partial charge in [0, 0.05) is 23.4 Å². The van der Waals surface area contributed by atoms with E-state index in [1.165, 1.54) is 12.1 Å². The summed E-state index contributed by atoms with van der Waals surface area (Å²) in [5.74, 6) is 0. The van der Waals surface area contributed by atoms with Gasteiger partial charge in [-0.3, -0.25) is 14.8 Å². The molecule has 1 heterocycles. The summed E-state index contributed by atoms with van der Waals surface area (Å²) in [7, 11) is 0. The number of nitrogens with zero attached hydrogens (tertiary/aromatic N) is 3. The van der Waals surface area contributed by atoms with E-state index in [4.69, 9.17) is 16.7 Å². The third kappa shape index (κ3) is 3.16. The first kappa shape index (κ1) is 15.8. The number of aliphatic hydroxyl groups is 1. The largest absolute Gasteiger partial charge is 0.394 e. The maximum Gasteiger partial charge on any atom is 0.271 e. The molecule has 2 N–H and O–H groups in total. The minimum Gasteiger partial charge on any atom is -0.394 e. The molecule has 7 nitrogen and oxygen atoms in total. The predicted octanol–water partition coefficient (Wildman–Crippen LogP) is 2.93. The fourth-order valence-electron chi connectivity index (χ4n) is 2.98. The number of fused-ring (bicyclic) bond motifs is 1. The van der Waals surface area contributed by atoms with Gasteiger partial charge < -0.3 is 10.4 Å². The van der Waals surface area contributed by atoms with Gasteiger partial charge in [0.1, 0.15) is 0 Å². The molecule has 23 heavy (non-hydrogen) atoms. The Morgan fingerprint density at radius 3 is 3.04 bits per heavy atom. The number of nitro groups is 1. The van der Waals surface area contributed by atoms with E-state index in [-0.39, 0.29) is 18.3 Å². The highest BCUT2D eigenvalue weighted by Crippen LogP contribution is 2.35. The maximum atomic E-state index is 10.8. The molecular formula is C15H17ClN4O3. The van der Waals surface area contributed by atoms with Gasteiger partial charge in [-0.2, -0.15) is 5.10 Å². The number of aromatic nitrogens is 2. The summed E-state index contributed by atoms with van der Waals surface area (Å²) < 4.78 is 1.83. The number of halogens is 1. The molecule has 0 amide bonds. The maximum absolute atomic E-state index is 10.8. The van der Waals surface area contributed by atoms with Crippen LogP contribution in [-0.2, 0) is 13.0 Å². The number of hydrogen-bond donors (Lipinski definition) is 2. The van der Waals surface area contributed by atoms with Crippen LogP contribution in [0.4, 0.5) is 11.4 Å². The molecule has 0 fully saturated rings. The molecule has 0 aliphatic heterocycles. The summed E-state index contributed by atoms with van der Waals surface area (Å²) in [6.07, 6.45) is 4.69. The second kappa shape index (κ2) is 6.55. The van der Waals surface area contributed by atoms with Crippen molar-refractivity contribution in [2.75, 3.05) is 11.9 Å². The van der Waals surface area contributed by atoms with Gasteiger partial charge in [-0.1, -0.05) is 11.6 Å². The Kier molecular flexibility index (Phi) is 4.49. The van der Waals surface area contributed by atoms with Gasteiger partial charge in [-0.05, 0) is 25.3 Å². The number of aliphatic hydroxyl groups excluding tert-OH is 1. The molecule has 1 aromatic carbocycles. The highest BCUT2D eigenvalue weighted by Gasteiger charge is 2.24. The first-order valence-electron chi connectivity index (χ1n) is 7.46. The third-order valence-corrected chi connectivity index (χ3v) is 4.38. The van der Waals surface area contributed by atoms with E-state index in [9.17, 15) is 10.1 Å². The molecule has 0 bridgehead atoms. The van der Waals surface area contributed by atoms with Gasteiger partial charge in [0.05, 0.1) is 41.0 Å². The minimum atomic E-state index is -0.465. The number of anilines is 1. The molecule has 1 aliphatic rings. The van der Waals surface area contributed by atoms with Crippen LogP contribution in [0.3, 0.4) is 0 Å².